The lowest BCUT2D eigenvalue weighted by Crippen LogP contribution is -2.38. The van der Waals surface area contributed by atoms with Gasteiger partial charge in [0.05, 0.1) is 18.2 Å². The van der Waals surface area contributed by atoms with Gasteiger partial charge in [-0.1, -0.05) is 24.3 Å². The molecule has 5 nitrogen and oxygen atoms in total. The Hall–Kier alpha value is -1.98. The molecular formula is C19H23NO4. The van der Waals surface area contributed by atoms with Crippen molar-refractivity contribution in [1.82, 2.24) is 4.90 Å². The Kier molecular flexibility index (Phi) is 4.32. The van der Waals surface area contributed by atoms with Gasteiger partial charge in [0.15, 0.2) is 5.79 Å². The van der Waals surface area contributed by atoms with Gasteiger partial charge in [-0.3, -0.25) is 14.5 Å². The first-order valence-electron chi connectivity index (χ1n) is 8.34. The van der Waals surface area contributed by atoms with Crippen molar-refractivity contribution in [2.45, 2.75) is 58.2 Å². The number of carbonyl (C=O) groups excluding carboxylic acids is 2. The molecule has 1 heterocycles. The second-order valence-electron chi connectivity index (χ2n) is 6.77. The van der Waals surface area contributed by atoms with Crippen molar-refractivity contribution in [2.75, 3.05) is 0 Å². The predicted octanol–water partition coefficient (Wildman–Crippen LogP) is 3.06. The molecule has 2 amide bonds. The molecule has 0 aromatic heterocycles. The summed E-state index contributed by atoms with van der Waals surface area (Å²) in [4.78, 5) is 25.6. The number of hydrogen-bond donors (Lipinski definition) is 0. The Balaban J connectivity index is 2.07. The molecule has 0 fully saturated rings. The average molecular weight is 329 g/mol. The third-order valence-electron chi connectivity index (χ3n) is 4.20. The van der Waals surface area contributed by atoms with E-state index in [0.29, 0.717) is 6.42 Å². The fourth-order valence-corrected chi connectivity index (χ4v) is 3.57. The number of rotatable bonds is 5. The second kappa shape index (κ2) is 6.15. The molecule has 0 N–H and O–H groups in total. The van der Waals surface area contributed by atoms with Crippen LogP contribution in [0.15, 0.2) is 36.4 Å². The summed E-state index contributed by atoms with van der Waals surface area (Å²) in [5.41, 5.74) is 1.80. The molecule has 1 aliphatic heterocycles. The number of nitrogens with zero attached hydrogens (tertiary/aromatic N) is 1. The highest BCUT2D eigenvalue weighted by Crippen LogP contribution is 2.50. The predicted molar refractivity (Wildman–Crippen MR) is 88.9 cm³/mol. The standard InChI is InChI=1S/C19H23NO4/c1-12(2)23-19(24-13(3)4)11-16(14-7-5-6-8-15(14)19)20-17(21)9-10-18(20)22/h5-10,12-13,16H,11H2,1-4H3/t16-/m0/s1. The first kappa shape index (κ1) is 16.9. The van der Waals surface area contributed by atoms with E-state index in [9.17, 15) is 9.59 Å². The maximum Gasteiger partial charge on any atom is 0.254 e. The van der Waals surface area contributed by atoms with Gasteiger partial charge in [0, 0.05) is 24.1 Å². The van der Waals surface area contributed by atoms with Crippen LogP contribution in [0.2, 0.25) is 0 Å². The Bertz CT molecular complexity index is 664. The quantitative estimate of drug-likeness (QED) is 0.615. The smallest absolute Gasteiger partial charge is 0.254 e. The van der Waals surface area contributed by atoms with Crippen LogP contribution in [0.3, 0.4) is 0 Å². The highest BCUT2D eigenvalue weighted by atomic mass is 16.7. The molecule has 0 saturated heterocycles. The molecule has 1 aromatic carbocycles. The zero-order chi connectivity index (χ0) is 17.5. The summed E-state index contributed by atoms with van der Waals surface area (Å²) >= 11 is 0. The van der Waals surface area contributed by atoms with Gasteiger partial charge in [-0.15, -0.1) is 0 Å². The zero-order valence-corrected chi connectivity index (χ0v) is 14.5. The molecule has 5 heteroatoms. The first-order valence-corrected chi connectivity index (χ1v) is 8.34. The number of amides is 2. The van der Waals surface area contributed by atoms with E-state index in [4.69, 9.17) is 9.47 Å². The normalized spacial score (nSPS) is 22.1. The average Bonchev–Trinajstić information content (AvgIpc) is 2.97. The largest absolute Gasteiger partial charge is 0.343 e. The molecule has 0 spiro atoms. The van der Waals surface area contributed by atoms with Crippen LogP contribution in [-0.4, -0.2) is 28.9 Å². The van der Waals surface area contributed by atoms with E-state index in [1.54, 1.807) is 0 Å². The van der Waals surface area contributed by atoms with Crippen molar-refractivity contribution < 1.29 is 19.1 Å². The van der Waals surface area contributed by atoms with Crippen molar-refractivity contribution in [2.24, 2.45) is 0 Å². The van der Waals surface area contributed by atoms with Gasteiger partial charge < -0.3 is 9.47 Å². The van der Waals surface area contributed by atoms with Crippen LogP contribution in [0.1, 0.15) is 51.3 Å². The highest BCUT2D eigenvalue weighted by Gasteiger charge is 2.51. The van der Waals surface area contributed by atoms with Crippen LogP contribution in [0.4, 0.5) is 0 Å². The molecular weight excluding hydrogens is 306 g/mol. The molecule has 1 aliphatic carbocycles. The second-order valence-corrected chi connectivity index (χ2v) is 6.77. The van der Waals surface area contributed by atoms with Gasteiger partial charge in [-0.25, -0.2) is 0 Å². The van der Waals surface area contributed by atoms with E-state index in [1.165, 1.54) is 17.1 Å². The molecule has 0 saturated carbocycles. The summed E-state index contributed by atoms with van der Waals surface area (Å²) < 4.78 is 12.4. The lowest BCUT2D eigenvalue weighted by molar-refractivity contribution is -0.280. The van der Waals surface area contributed by atoms with E-state index in [2.05, 4.69) is 0 Å². The summed E-state index contributed by atoms with van der Waals surface area (Å²) in [6.45, 7) is 7.81. The molecule has 1 aromatic rings. The molecule has 3 rings (SSSR count). The lowest BCUT2D eigenvalue weighted by atomic mass is 10.1. The molecule has 24 heavy (non-hydrogen) atoms. The van der Waals surface area contributed by atoms with Gasteiger partial charge in [0.2, 0.25) is 0 Å². The Morgan fingerprint density at radius 3 is 2.08 bits per heavy atom. The van der Waals surface area contributed by atoms with E-state index < -0.39 is 5.79 Å². The SMILES string of the molecule is CC(C)OC1(OC(C)C)C[C@H](N2C(=O)C=CC2=O)c2ccccc21. The number of hydrogen-bond acceptors (Lipinski definition) is 4. The minimum atomic E-state index is -0.952. The van der Waals surface area contributed by atoms with E-state index in [-0.39, 0.29) is 30.1 Å². The van der Waals surface area contributed by atoms with Gasteiger partial charge in [0.25, 0.3) is 11.8 Å². The van der Waals surface area contributed by atoms with Crippen molar-refractivity contribution in [3.05, 3.63) is 47.5 Å². The van der Waals surface area contributed by atoms with Crippen molar-refractivity contribution in [3.63, 3.8) is 0 Å². The van der Waals surface area contributed by atoms with Crippen molar-refractivity contribution in [3.8, 4) is 0 Å². The van der Waals surface area contributed by atoms with Crippen LogP contribution in [-0.2, 0) is 24.8 Å². The van der Waals surface area contributed by atoms with Crippen molar-refractivity contribution in [1.29, 1.82) is 0 Å². The monoisotopic (exact) mass is 329 g/mol. The Morgan fingerprint density at radius 1 is 1.00 bits per heavy atom. The molecule has 1 atom stereocenters. The summed E-state index contributed by atoms with van der Waals surface area (Å²) in [5.74, 6) is -1.53. The summed E-state index contributed by atoms with van der Waals surface area (Å²) in [5, 5.41) is 0. The Morgan fingerprint density at radius 2 is 1.54 bits per heavy atom. The van der Waals surface area contributed by atoms with E-state index >= 15 is 0 Å². The third kappa shape index (κ3) is 2.78. The van der Waals surface area contributed by atoms with Crippen LogP contribution in [0.25, 0.3) is 0 Å². The van der Waals surface area contributed by atoms with Crippen LogP contribution in [0.5, 0.6) is 0 Å². The Labute approximate surface area is 142 Å². The van der Waals surface area contributed by atoms with Gasteiger partial charge in [-0.05, 0) is 33.3 Å². The maximum absolute atomic E-state index is 12.2. The molecule has 2 aliphatic rings. The lowest BCUT2D eigenvalue weighted by Gasteiger charge is -2.35. The number of fused-ring (bicyclic) bond motifs is 1. The maximum atomic E-state index is 12.2. The van der Waals surface area contributed by atoms with Gasteiger partial charge >= 0.3 is 0 Å². The number of carbonyl (C=O) groups is 2. The van der Waals surface area contributed by atoms with Gasteiger partial charge in [0.1, 0.15) is 0 Å². The molecule has 0 radical (unpaired) electrons. The molecule has 128 valence electrons. The topological polar surface area (TPSA) is 55.8 Å². The molecule has 0 bridgehead atoms. The fraction of sp³-hybridized carbons (Fsp3) is 0.474. The van der Waals surface area contributed by atoms with Crippen molar-refractivity contribution >= 4 is 11.8 Å². The minimum Gasteiger partial charge on any atom is -0.343 e. The zero-order valence-electron chi connectivity index (χ0n) is 14.5. The fourth-order valence-electron chi connectivity index (χ4n) is 3.57. The highest BCUT2D eigenvalue weighted by molar-refractivity contribution is 6.13. The number of benzene rings is 1. The summed E-state index contributed by atoms with van der Waals surface area (Å²) in [6.07, 6.45) is 2.93. The third-order valence-corrected chi connectivity index (χ3v) is 4.20. The van der Waals surface area contributed by atoms with Crippen LogP contribution >= 0.6 is 0 Å². The summed E-state index contributed by atoms with van der Waals surface area (Å²) in [7, 11) is 0. The number of ether oxygens (including phenoxy) is 2. The van der Waals surface area contributed by atoms with Crippen LogP contribution in [0, 0.1) is 0 Å². The van der Waals surface area contributed by atoms with Gasteiger partial charge in [-0.2, -0.15) is 0 Å². The summed E-state index contributed by atoms with van der Waals surface area (Å²) in [6, 6.07) is 7.35. The van der Waals surface area contributed by atoms with E-state index in [0.717, 1.165) is 11.1 Å². The molecule has 0 unspecified atom stereocenters. The van der Waals surface area contributed by atoms with Crippen LogP contribution < -0.4 is 0 Å². The van der Waals surface area contributed by atoms with E-state index in [1.807, 2.05) is 52.0 Å². The number of imide groups is 1. The minimum absolute atomic E-state index is 0.0568. The first-order chi connectivity index (χ1) is 11.3.